The van der Waals surface area contributed by atoms with Gasteiger partial charge in [-0.25, -0.2) is 9.59 Å². The van der Waals surface area contributed by atoms with Crippen molar-refractivity contribution in [3.63, 3.8) is 0 Å². The number of carbonyl (C=O) groups is 2. The molecule has 1 atom stereocenters. The first kappa shape index (κ1) is 16.1. The second-order valence-corrected chi connectivity index (χ2v) is 7.23. The van der Waals surface area contributed by atoms with E-state index in [2.05, 4.69) is 6.58 Å². The minimum atomic E-state index is -0.447. The second kappa shape index (κ2) is 8.25. The summed E-state index contributed by atoms with van der Waals surface area (Å²) in [6.45, 7) is 6.91. The van der Waals surface area contributed by atoms with Gasteiger partial charge in [-0.2, -0.15) is 0 Å². The van der Waals surface area contributed by atoms with Crippen molar-refractivity contribution in [1.29, 1.82) is 0 Å². The molecule has 1 aliphatic heterocycles. The van der Waals surface area contributed by atoms with E-state index in [1.54, 1.807) is 13.8 Å². The largest absolute Gasteiger partial charge is 0.458 e. The van der Waals surface area contributed by atoms with Gasteiger partial charge in [0.05, 0.1) is 0 Å². The summed E-state index contributed by atoms with van der Waals surface area (Å²) in [4.78, 5) is 22.9. The van der Waals surface area contributed by atoms with Gasteiger partial charge in [0.1, 0.15) is 24.2 Å². The van der Waals surface area contributed by atoms with Crippen LogP contribution in [-0.4, -0.2) is 41.9 Å². The highest BCUT2D eigenvalue weighted by Gasteiger charge is 2.26. The molecule has 0 radical (unpaired) electrons. The molecule has 5 heteroatoms. The van der Waals surface area contributed by atoms with E-state index >= 15 is 0 Å². The van der Waals surface area contributed by atoms with Crippen molar-refractivity contribution < 1.29 is 19.1 Å². The van der Waals surface area contributed by atoms with Gasteiger partial charge in [0.25, 0.3) is 0 Å². The smallest absolute Gasteiger partial charge is 0.356 e. The molecular formula is C14H23O4S+. The quantitative estimate of drug-likeness (QED) is 0.425. The van der Waals surface area contributed by atoms with Crippen LogP contribution in [0.25, 0.3) is 0 Å². The highest BCUT2D eigenvalue weighted by atomic mass is 32.2. The SMILES string of the molecule is C=C(C)C(=O)OC(C)COC(=O)C[S+]1CCCCC1. The Morgan fingerprint density at radius 2 is 1.89 bits per heavy atom. The van der Waals surface area contributed by atoms with Crippen LogP contribution in [0.3, 0.4) is 0 Å². The molecule has 0 saturated carbocycles. The molecule has 0 aromatic carbocycles. The average Bonchev–Trinajstić information content (AvgIpc) is 2.37. The van der Waals surface area contributed by atoms with Crippen LogP contribution in [0.4, 0.5) is 0 Å². The first-order valence-electron chi connectivity index (χ1n) is 6.65. The molecule has 1 rings (SSSR count). The molecule has 1 unspecified atom stereocenters. The van der Waals surface area contributed by atoms with Crippen molar-refractivity contribution in [3.8, 4) is 0 Å². The maximum absolute atomic E-state index is 11.7. The van der Waals surface area contributed by atoms with E-state index in [-0.39, 0.29) is 23.5 Å². The number of rotatable bonds is 6. The summed E-state index contributed by atoms with van der Waals surface area (Å²) in [7, 11) is 0.196. The third-order valence-electron chi connectivity index (χ3n) is 2.82. The molecule has 0 amide bonds. The number of carbonyl (C=O) groups excluding carboxylic acids is 2. The molecule has 1 fully saturated rings. The highest BCUT2D eigenvalue weighted by molar-refractivity contribution is 7.97. The minimum Gasteiger partial charge on any atom is -0.458 e. The van der Waals surface area contributed by atoms with E-state index in [4.69, 9.17) is 9.47 Å². The number of esters is 2. The molecule has 0 aromatic heterocycles. The van der Waals surface area contributed by atoms with Crippen molar-refractivity contribution in [1.82, 2.24) is 0 Å². The van der Waals surface area contributed by atoms with E-state index in [1.807, 2.05) is 0 Å². The molecule has 1 aliphatic rings. The van der Waals surface area contributed by atoms with Crippen LogP contribution in [0.15, 0.2) is 12.2 Å². The van der Waals surface area contributed by atoms with Gasteiger partial charge in [0.2, 0.25) is 5.75 Å². The Labute approximate surface area is 117 Å². The third kappa shape index (κ3) is 6.66. The predicted molar refractivity (Wildman–Crippen MR) is 77.1 cm³/mol. The summed E-state index contributed by atoms with van der Waals surface area (Å²) in [6.07, 6.45) is 3.31. The monoisotopic (exact) mass is 287 g/mol. The first-order chi connectivity index (χ1) is 8.99. The Bertz CT molecular complexity index is 334. The summed E-state index contributed by atoms with van der Waals surface area (Å²) < 4.78 is 10.2. The van der Waals surface area contributed by atoms with Gasteiger partial charge >= 0.3 is 11.9 Å². The van der Waals surface area contributed by atoms with Crippen LogP contribution >= 0.6 is 0 Å². The normalized spacial score (nSPS) is 17.6. The fourth-order valence-corrected chi connectivity index (χ4v) is 3.91. The minimum absolute atomic E-state index is 0.120. The lowest BCUT2D eigenvalue weighted by Gasteiger charge is -2.15. The molecule has 0 spiro atoms. The summed E-state index contributed by atoms with van der Waals surface area (Å²) in [5.41, 5.74) is 0.349. The predicted octanol–water partition coefficient (Wildman–Crippen LogP) is 1.84. The fourth-order valence-electron chi connectivity index (χ4n) is 1.77. The van der Waals surface area contributed by atoms with E-state index in [0.717, 1.165) is 11.5 Å². The fraction of sp³-hybridized carbons (Fsp3) is 0.714. The first-order valence-corrected chi connectivity index (χ1v) is 8.38. The number of ether oxygens (including phenoxy) is 2. The number of hydrogen-bond acceptors (Lipinski definition) is 4. The third-order valence-corrected chi connectivity index (χ3v) is 5.20. The van der Waals surface area contributed by atoms with Crippen LogP contribution in [0, 0.1) is 0 Å². The zero-order chi connectivity index (χ0) is 14.3. The molecule has 0 bridgehead atoms. The highest BCUT2D eigenvalue weighted by Crippen LogP contribution is 2.14. The van der Waals surface area contributed by atoms with Crippen LogP contribution in [0.2, 0.25) is 0 Å². The Morgan fingerprint density at radius 1 is 1.26 bits per heavy atom. The van der Waals surface area contributed by atoms with E-state index in [9.17, 15) is 9.59 Å². The summed E-state index contributed by atoms with van der Waals surface area (Å²) >= 11 is 0. The van der Waals surface area contributed by atoms with Crippen LogP contribution < -0.4 is 0 Å². The van der Waals surface area contributed by atoms with Crippen molar-refractivity contribution in [2.45, 2.75) is 39.2 Å². The Kier molecular flexibility index (Phi) is 6.99. The maximum Gasteiger partial charge on any atom is 0.356 e. The van der Waals surface area contributed by atoms with Gasteiger partial charge in [-0.05, 0) is 44.0 Å². The topological polar surface area (TPSA) is 52.6 Å². The summed E-state index contributed by atoms with van der Waals surface area (Å²) in [6, 6.07) is 0. The molecule has 19 heavy (non-hydrogen) atoms. The zero-order valence-electron chi connectivity index (χ0n) is 11.8. The van der Waals surface area contributed by atoms with Gasteiger partial charge in [-0.3, -0.25) is 0 Å². The van der Waals surface area contributed by atoms with Crippen LogP contribution in [0.1, 0.15) is 33.1 Å². The zero-order valence-corrected chi connectivity index (χ0v) is 12.6. The van der Waals surface area contributed by atoms with Gasteiger partial charge in [-0.15, -0.1) is 0 Å². The lowest BCUT2D eigenvalue weighted by molar-refractivity contribution is -0.153. The van der Waals surface area contributed by atoms with Gasteiger partial charge in [0, 0.05) is 5.57 Å². The van der Waals surface area contributed by atoms with Crippen molar-refractivity contribution in [2.75, 3.05) is 23.9 Å². The van der Waals surface area contributed by atoms with E-state index < -0.39 is 12.1 Å². The van der Waals surface area contributed by atoms with Gasteiger partial charge < -0.3 is 9.47 Å². The molecule has 4 nitrogen and oxygen atoms in total. The summed E-state index contributed by atoms with van der Waals surface area (Å²) in [5, 5.41) is 0. The molecule has 0 aromatic rings. The standard InChI is InChI=1S/C14H23O4S/c1-11(2)14(16)18-12(3)9-17-13(15)10-19-7-5-4-6-8-19/h12H,1,4-10H2,2-3H3/q+1. The van der Waals surface area contributed by atoms with E-state index in [1.165, 1.54) is 19.3 Å². The second-order valence-electron chi connectivity index (χ2n) is 4.90. The molecule has 1 saturated heterocycles. The van der Waals surface area contributed by atoms with Gasteiger partial charge in [0.15, 0.2) is 0 Å². The van der Waals surface area contributed by atoms with E-state index in [0.29, 0.717) is 11.3 Å². The Morgan fingerprint density at radius 3 is 2.47 bits per heavy atom. The maximum atomic E-state index is 11.7. The lowest BCUT2D eigenvalue weighted by Crippen LogP contribution is -2.29. The molecule has 0 aliphatic carbocycles. The molecule has 1 heterocycles. The van der Waals surface area contributed by atoms with Crippen molar-refractivity contribution in [2.24, 2.45) is 0 Å². The molecule has 108 valence electrons. The van der Waals surface area contributed by atoms with Gasteiger partial charge in [-0.1, -0.05) is 6.58 Å². The van der Waals surface area contributed by atoms with Crippen molar-refractivity contribution >= 4 is 22.8 Å². The Balaban J connectivity index is 2.18. The Hall–Kier alpha value is -0.970. The summed E-state index contributed by atoms with van der Waals surface area (Å²) in [5.74, 6) is 2.19. The average molecular weight is 287 g/mol. The number of hydrogen-bond donors (Lipinski definition) is 0. The van der Waals surface area contributed by atoms with Crippen LogP contribution in [0.5, 0.6) is 0 Å². The molecule has 0 N–H and O–H groups in total. The van der Waals surface area contributed by atoms with Crippen molar-refractivity contribution in [3.05, 3.63) is 12.2 Å². The lowest BCUT2D eigenvalue weighted by atomic mass is 10.3. The molecular weight excluding hydrogens is 264 g/mol. The van der Waals surface area contributed by atoms with Crippen LogP contribution in [-0.2, 0) is 30.0 Å².